The second-order valence-electron chi connectivity index (χ2n) is 3.90. The minimum atomic E-state index is 0.934. The lowest BCUT2D eigenvalue weighted by molar-refractivity contribution is 0.241. The fourth-order valence-electron chi connectivity index (χ4n) is 1.71. The van der Waals surface area contributed by atoms with E-state index in [2.05, 4.69) is 23.7 Å². The van der Waals surface area contributed by atoms with Gasteiger partial charge in [-0.3, -0.25) is 4.90 Å². The standard InChI is InChI=1S/C11H22N2/c1-3-6-13(7-4-2)8-5-11-9-12-10-11/h3,11-12H,1,4-10H2,2H3. The van der Waals surface area contributed by atoms with Crippen molar-refractivity contribution in [3.05, 3.63) is 12.7 Å². The van der Waals surface area contributed by atoms with Crippen LogP contribution in [0.4, 0.5) is 0 Å². The molecular formula is C11H22N2. The predicted octanol–water partition coefficient (Wildman–Crippen LogP) is 1.49. The molecule has 0 radical (unpaired) electrons. The van der Waals surface area contributed by atoms with Crippen LogP contribution < -0.4 is 5.32 Å². The van der Waals surface area contributed by atoms with Gasteiger partial charge < -0.3 is 5.32 Å². The Morgan fingerprint density at radius 1 is 1.46 bits per heavy atom. The number of hydrogen-bond acceptors (Lipinski definition) is 2. The number of rotatable bonds is 7. The highest BCUT2D eigenvalue weighted by molar-refractivity contribution is 4.78. The minimum absolute atomic E-state index is 0.934. The molecule has 0 bridgehead atoms. The first-order valence-electron chi connectivity index (χ1n) is 5.40. The van der Waals surface area contributed by atoms with Crippen molar-refractivity contribution in [2.75, 3.05) is 32.7 Å². The quantitative estimate of drug-likeness (QED) is 0.600. The SMILES string of the molecule is C=CCN(CCC)CCC1CNC1. The van der Waals surface area contributed by atoms with Gasteiger partial charge in [-0.15, -0.1) is 6.58 Å². The van der Waals surface area contributed by atoms with Gasteiger partial charge in [0.05, 0.1) is 0 Å². The Balaban J connectivity index is 2.08. The zero-order valence-electron chi connectivity index (χ0n) is 8.76. The van der Waals surface area contributed by atoms with Gasteiger partial charge in [0.1, 0.15) is 0 Å². The van der Waals surface area contributed by atoms with Gasteiger partial charge in [0.15, 0.2) is 0 Å². The second kappa shape index (κ2) is 6.17. The molecule has 1 N–H and O–H groups in total. The minimum Gasteiger partial charge on any atom is -0.316 e. The highest BCUT2D eigenvalue weighted by Gasteiger charge is 2.16. The molecule has 0 aromatic carbocycles. The molecule has 0 aromatic rings. The molecule has 0 amide bonds. The Morgan fingerprint density at radius 3 is 2.69 bits per heavy atom. The summed E-state index contributed by atoms with van der Waals surface area (Å²) in [6, 6.07) is 0. The van der Waals surface area contributed by atoms with Crippen LogP contribution in [-0.2, 0) is 0 Å². The molecule has 2 nitrogen and oxygen atoms in total. The van der Waals surface area contributed by atoms with E-state index in [1.807, 2.05) is 6.08 Å². The summed E-state index contributed by atoms with van der Waals surface area (Å²) < 4.78 is 0. The third kappa shape index (κ3) is 3.92. The van der Waals surface area contributed by atoms with Crippen LogP contribution in [0.15, 0.2) is 12.7 Å². The fraction of sp³-hybridized carbons (Fsp3) is 0.818. The summed E-state index contributed by atoms with van der Waals surface area (Å²) in [5.41, 5.74) is 0. The highest BCUT2D eigenvalue weighted by atomic mass is 15.1. The molecule has 1 saturated heterocycles. The Morgan fingerprint density at radius 2 is 2.23 bits per heavy atom. The predicted molar refractivity (Wildman–Crippen MR) is 57.9 cm³/mol. The summed E-state index contributed by atoms with van der Waals surface area (Å²) in [4.78, 5) is 2.49. The molecular weight excluding hydrogens is 160 g/mol. The van der Waals surface area contributed by atoms with Crippen molar-refractivity contribution >= 4 is 0 Å². The average molecular weight is 182 g/mol. The zero-order valence-corrected chi connectivity index (χ0v) is 8.76. The van der Waals surface area contributed by atoms with Crippen molar-refractivity contribution in [3.8, 4) is 0 Å². The molecule has 13 heavy (non-hydrogen) atoms. The molecule has 1 heterocycles. The normalized spacial score (nSPS) is 17.4. The first-order chi connectivity index (χ1) is 6.36. The summed E-state index contributed by atoms with van der Waals surface area (Å²) in [7, 11) is 0. The van der Waals surface area contributed by atoms with E-state index < -0.39 is 0 Å². The number of nitrogens with zero attached hydrogens (tertiary/aromatic N) is 1. The lowest BCUT2D eigenvalue weighted by atomic mass is 9.99. The first-order valence-corrected chi connectivity index (χ1v) is 5.40. The van der Waals surface area contributed by atoms with E-state index in [-0.39, 0.29) is 0 Å². The van der Waals surface area contributed by atoms with Gasteiger partial charge in [-0.2, -0.15) is 0 Å². The van der Waals surface area contributed by atoms with Crippen LogP contribution >= 0.6 is 0 Å². The van der Waals surface area contributed by atoms with Gasteiger partial charge in [-0.1, -0.05) is 13.0 Å². The largest absolute Gasteiger partial charge is 0.316 e. The lowest BCUT2D eigenvalue weighted by Gasteiger charge is -2.29. The van der Waals surface area contributed by atoms with Crippen LogP contribution in [0.5, 0.6) is 0 Å². The Kier molecular flexibility index (Phi) is 5.09. The molecule has 0 unspecified atom stereocenters. The van der Waals surface area contributed by atoms with Crippen molar-refractivity contribution in [1.29, 1.82) is 0 Å². The number of hydrogen-bond donors (Lipinski definition) is 1. The summed E-state index contributed by atoms with van der Waals surface area (Å²) in [5, 5.41) is 3.31. The van der Waals surface area contributed by atoms with E-state index in [9.17, 15) is 0 Å². The third-order valence-electron chi connectivity index (χ3n) is 2.65. The van der Waals surface area contributed by atoms with Gasteiger partial charge in [0, 0.05) is 6.54 Å². The van der Waals surface area contributed by atoms with Crippen molar-refractivity contribution < 1.29 is 0 Å². The zero-order chi connectivity index (χ0) is 9.52. The molecule has 0 aromatic heterocycles. The molecule has 76 valence electrons. The van der Waals surface area contributed by atoms with Gasteiger partial charge in [0.2, 0.25) is 0 Å². The molecule has 1 rings (SSSR count). The Bertz CT molecular complexity index is 141. The lowest BCUT2D eigenvalue weighted by Crippen LogP contribution is -2.43. The maximum atomic E-state index is 3.79. The first kappa shape index (κ1) is 10.7. The third-order valence-corrected chi connectivity index (χ3v) is 2.65. The van der Waals surface area contributed by atoms with Crippen LogP contribution in [0.1, 0.15) is 19.8 Å². The Hall–Kier alpha value is -0.340. The van der Waals surface area contributed by atoms with Crippen LogP contribution in [0.2, 0.25) is 0 Å². The van der Waals surface area contributed by atoms with Gasteiger partial charge in [0.25, 0.3) is 0 Å². The monoisotopic (exact) mass is 182 g/mol. The van der Waals surface area contributed by atoms with Crippen LogP contribution in [0.25, 0.3) is 0 Å². The molecule has 0 atom stereocenters. The molecule has 0 aliphatic carbocycles. The molecule has 0 saturated carbocycles. The van der Waals surface area contributed by atoms with E-state index in [1.54, 1.807) is 0 Å². The molecule has 2 heteroatoms. The highest BCUT2D eigenvalue weighted by Crippen LogP contribution is 2.09. The van der Waals surface area contributed by atoms with E-state index in [0.717, 1.165) is 12.5 Å². The summed E-state index contributed by atoms with van der Waals surface area (Å²) >= 11 is 0. The maximum Gasteiger partial charge on any atom is 0.0160 e. The van der Waals surface area contributed by atoms with Crippen LogP contribution in [0, 0.1) is 5.92 Å². The van der Waals surface area contributed by atoms with Gasteiger partial charge in [-0.25, -0.2) is 0 Å². The summed E-state index contributed by atoms with van der Waals surface area (Å²) in [6.07, 6.45) is 4.60. The van der Waals surface area contributed by atoms with Crippen molar-refractivity contribution in [2.24, 2.45) is 5.92 Å². The Labute approximate surface area is 82.0 Å². The van der Waals surface area contributed by atoms with Gasteiger partial charge >= 0.3 is 0 Å². The summed E-state index contributed by atoms with van der Waals surface area (Å²) in [6.45, 7) is 12.0. The maximum absolute atomic E-state index is 3.79. The fourth-order valence-corrected chi connectivity index (χ4v) is 1.71. The topological polar surface area (TPSA) is 15.3 Å². The smallest absolute Gasteiger partial charge is 0.0160 e. The molecule has 1 aliphatic rings. The van der Waals surface area contributed by atoms with Crippen molar-refractivity contribution in [2.45, 2.75) is 19.8 Å². The molecule has 1 aliphatic heterocycles. The van der Waals surface area contributed by atoms with Crippen LogP contribution in [0.3, 0.4) is 0 Å². The van der Waals surface area contributed by atoms with E-state index in [0.29, 0.717) is 0 Å². The molecule has 1 fully saturated rings. The molecule has 0 spiro atoms. The average Bonchev–Trinajstić information content (AvgIpc) is 2.02. The van der Waals surface area contributed by atoms with Crippen molar-refractivity contribution in [1.82, 2.24) is 10.2 Å². The van der Waals surface area contributed by atoms with Gasteiger partial charge in [-0.05, 0) is 44.9 Å². The van der Waals surface area contributed by atoms with Crippen LogP contribution in [-0.4, -0.2) is 37.6 Å². The van der Waals surface area contributed by atoms with Crippen molar-refractivity contribution in [3.63, 3.8) is 0 Å². The van der Waals surface area contributed by atoms with E-state index in [4.69, 9.17) is 0 Å². The summed E-state index contributed by atoms with van der Waals surface area (Å²) in [5.74, 6) is 0.934. The van der Waals surface area contributed by atoms with E-state index >= 15 is 0 Å². The number of nitrogens with one attached hydrogen (secondary N) is 1. The second-order valence-corrected chi connectivity index (χ2v) is 3.90. The van der Waals surface area contributed by atoms with E-state index in [1.165, 1.54) is 39.0 Å².